The maximum atomic E-state index is 4.78. The van der Waals surface area contributed by atoms with Crippen LogP contribution >= 0.6 is 0 Å². The quantitative estimate of drug-likeness (QED) is 0.342. The minimum absolute atomic E-state index is 1.09. The summed E-state index contributed by atoms with van der Waals surface area (Å²) in [7, 11) is 0. The van der Waals surface area contributed by atoms with E-state index in [1.54, 1.807) is 0 Å². The van der Waals surface area contributed by atoms with E-state index in [9.17, 15) is 0 Å². The maximum Gasteiger partial charge on any atom is 0.0822 e. The number of aromatic nitrogens is 1. The predicted molar refractivity (Wildman–Crippen MR) is 110 cm³/mol. The molecule has 0 atom stereocenters. The first-order valence-electron chi connectivity index (χ1n) is 9.00. The molecule has 0 spiro atoms. The van der Waals surface area contributed by atoms with Crippen molar-refractivity contribution in [2.75, 3.05) is 4.90 Å². The molecule has 0 unspecified atom stereocenters. The Morgan fingerprint density at radius 2 is 1.58 bits per heavy atom. The van der Waals surface area contributed by atoms with E-state index < -0.39 is 0 Å². The zero-order valence-electron chi connectivity index (χ0n) is 15.2. The van der Waals surface area contributed by atoms with Gasteiger partial charge in [0.2, 0.25) is 0 Å². The van der Waals surface area contributed by atoms with E-state index in [0.717, 1.165) is 5.69 Å². The highest BCUT2D eigenvalue weighted by atomic mass is 15.2. The summed E-state index contributed by atoms with van der Waals surface area (Å²) in [6.07, 6.45) is 1.92. The molecule has 1 aliphatic rings. The lowest BCUT2D eigenvalue weighted by atomic mass is 9.91. The van der Waals surface area contributed by atoms with Crippen molar-refractivity contribution < 1.29 is 0 Å². The fraction of sp³-hybridized carbons (Fsp3) is 0.125. The van der Waals surface area contributed by atoms with Gasteiger partial charge in [-0.2, -0.15) is 0 Å². The Hall–Kier alpha value is -3.13. The SMILES string of the molecule is Cc1cc(C)c2c(c1)-c1nccc3cccc(c13)N2c1ccccc1C. The van der Waals surface area contributed by atoms with Crippen LogP contribution in [0.3, 0.4) is 0 Å². The average molecular weight is 336 g/mol. The lowest BCUT2D eigenvalue weighted by Gasteiger charge is -2.35. The van der Waals surface area contributed by atoms with Crippen molar-refractivity contribution in [3.63, 3.8) is 0 Å². The van der Waals surface area contributed by atoms with Crippen LogP contribution in [-0.2, 0) is 0 Å². The molecule has 0 N–H and O–H groups in total. The molecule has 0 aliphatic carbocycles. The molecule has 4 aromatic rings. The van der Waals surface area contributed by atoms with Gasteiger partial charge < -0.3 is 4.90 Å². The van der Waals surface area contributed by atoms with Gasteiger partial charge in [0.25, 0.3) is 0 Å². The third kappa shape index (κ3) is 2.02. The largest absolute Gasteiger partial charge is 0.309 e. The Labute approximate surface area is 153 Å². The second-order valence-electron chi connectivity index (χ2n) is 7.13. The number of hydrogen-bond donors (Lipinski definition) is 0. The van der Waals surface area contributed by atoms with Crippen LogP contribution in [0.4, 0.5) is 17.1 Å². The topological polar surface area (TPSA) is 16.1 Å². The zero-order chi connectivity index (χ0) is 17.8. The number of anilines is 3. The van der Waals surface area contributed by atoms with Crippen molar-refractivity contribution >= 4 is 27.8 Å². The van der Waals surface area contributed by atoms with E-state index in [2.05, 4.69) is 86.3 Å². The van der Waals surface area contributed by atoms with Crippen molar-refractivity contribution in [3.8, 4) is 11.3 Å². The van der Waals surface area contributed by atoms with Gasteiger partial charge in [0.15, 0.2) is 0 Å². The second kappa shape index (κ2) is 5.43. The van der Waals surface area contributed by atoms with E-state index in [1.165, 1.54) is 50.1 Å². The molecule has 0 saturated heterocycles. The van der Waals surface area contributed by atoms with Crippen LogP contribution in [-0.4, -0.2) is 4.98 Å². The molecule has 0 bridgehead atoms. The third-order valence-corrected chi connectivity index (χ3v) is 5.29. The number of hydrogen-bond acceptors (Lipinski definition) is 2. The molecule has 1 aromatic heterocycles. The minimum atomic E-state index is 1.09. The lowest BCUT2D eigenvalue weighted by Crippen LogP contribution is -2.18. The number of nitrogens with zero attached hydrogens (tertiary/aromatic N) is 2. The number of pyridine rings is 1. The van der Waals surface area contributed by atoms with E-state index >= 15 is 0 Å². The van der Waals surface area contributed by atoms with Crippen molar-refractivity contribution in [2.45, 2.75) is 20.8 Å². The standard InChI is InChI=1S/C24H20N2/c1-15-13-17(3)24-19(14-15)23-22-18(11-12-25-23)8-6-10-21(22)26(24)20-9-5-4-7-16(20)2/h4-14H,1-3H3. The summed E-state index contributed by atoms with van der Waals surface area (Å²) in [5.74, 6) is 0. The number of para-hydroxylation sites is 1. The van der Waals surface area contributed by atoms with E-state index in [1.807, 2.05) is 6.20 Å². The van der Waals surface area contributed by atoms with Crippen LogP contribution < -0.4 is 4.90 Å². The van der Waals surface area contributed by atoms with Crippen LogP contribution in [0.25, 0.3) is 22.0 Å². The fourth-order valence-corrected chi connectivity index (χ4v) is 4.22. The number of rotatable bonds is 1. The predicted octanol–water partition coefficient (Wildman–Crippen LogP) is 6.61. The fourth-order valence-electron chi connectivity index (χ4n) is 4.22. The zero-order valence-corrected chi connectivity index (χ0v) is 15.2. The molecule has 2 heteroatoms. The molecular formula is C24H20N2. The summed E-state index contributed by atoms with van der Waals surface area (Å²) in [5.41, 5.74) is 9.79. The number of aryl methyl sites for hydroxylation is 3. The third-order valence-electron chi connectivity index (χ3n) is 5.29. The molecule has 0 fully saturated rings. The van der Waals surface area contributed by atoms with Gasteiger partial charge in [-0.1, -0.05) is 42.0 Å². The van der Waals surface area contributed by atoms with Crippen LogP contribution in [0.1, 0.15) is 16.7 Å². The first kappa shape index (κ1) is 15.2. The summed E-state index contributed by atoms with van der Waals surface area (Å²) in [6.45, 7) is 6.54. The Bertz CT molecular complexity index is 1170. The molecule has 2 heterocycles. The van der Waals surface area contributed by atoms with E-state index in [0.29, 0.717) is 0 Å². The van der Waals surface area contributed by atoms with Gasteiger partial charge in [-0.3, -0.25) is 4.98 Å². The Balaban J connectivity index is 1.98. The molecular weight excluding hydrogens is 316 g/mol. The van der Waals surface area contributed by atoms with Gasteiger partial charge in [-0.05, 0) is 61.5 Å². The van der Waals surface area contributed by atoms with Gasteiger partial charge >= 0.3 is 0 Å². The molecule has 26 heavy (non-hydrogen) atoms. The van der Waals surface area contributed by atoms with Crippen LogP contribution in [0.5, 0.6) is 0 Å². The number of benzene rings is 3. The summed E-state index contributed by atoms with van der Waals surface area (Å²) in [6, 6.07) is 21.8. The van der Waals surface area contributed by atoms with Gasteiger partial charge in [0.05, 0.1) is 17.1 Å². The molecule has 3 aromatic carbocycles. The highest BCUT2D eigenvalue weighted by Gasteiger charge is 2.28. The lowest BCUT2D eigenvalue weighted by molar-refractivity contribution is 1.20. The van der Waals surface area contributed by atoms with Crippen LogP contribution in [0.15, 0.2) is 66.9 Å². The molecule has 0 saturated carbocycles. The molecule has 0 radical (unpaired) electrons. The average Bonchev–Trinajstić information content (AvgIpc) is 2.64. The maximum absolute atomic E-state index is 4.78. The van der Waals surface area contributed by atoms with Crippen LogP contribution in [0, 0.1) is 20.8 Å². The van der Waals surface area contributed by atoms with Gasteiger partial charge in [0, 0.05) is 22.8 Å². The van der Waals surface area contributed by atoms with E-state index in [-0.39, 0.29) is 0 Å². The minimum Gasteiger partial charge on any atom is -0.309 e. The number of fused-ring (bicyclic) bond motifs is 2. The molecule has 1 aliphatic heterocycles. The Morgan fingerprint density at radius 1 is 0.769 bits per heavy atom. The summed E-state index contributed by atoms with van der Waals surface area (Å²) in [5, 5.41) is 2.46. The molecule has 0 amide bonds. The smallest absolute Gasteiger partial charge is 0.0822 e. The van der Waals surface area contributed by atoms with Gasteiger partial charge in [-0.15, -0.1) is 0 Å². The Morgan fingerprint density at radius 3 is 2.42 bits per heavy atom. The summed E-state index contributed by atoms with van der Waals surface area (Å²) >= 11 is 0. The van der Waals surface area contributed by atoms with E-state index in [4.69, 9.17) is 4.98 Å². The van der Waals surface area contributed by atoms with Gasteiger partial charge in [-0.25, -0.2) is 0 Å². The van der Waals surface area contributed by atoms with Crippen molar-refractivity contribution in [1.82, 2.24) is 4.98 Å². The van der Waals surface area contributed by atoms with Crippen molar-refractivity contribution in [1.29, 1.82) is 0 Å². The normalized spacial score (nSPS) is 12.3. The highest BCUT2D eigenvalue weighted by Crippen LogP contribution is 2.51. The van der Waals surface area contributed by atoms with Crippen molar-refractivity contribution in [2.24, 2.45) is 0 Å². The highest BCUT2D eigenvalue weighted by molar-refractivity contribution is 6.13. The molecule has 5 rings (SSSR count). The molecule has 2 nitrogen and oxygen atoms in total. The van der Waals surface area contributed by atoms with Gasteiger partial charge in [0.1, 0.15) is 0 Å². The Kier molecular flexibility index (Phi) is 3.17. The summed E-state index contributed by atoms with van der Waals surface area (Å²) < 4.78 is 0. The second-order valence-corrected chi connectivity index (χ2v) is 7.13. The van der Waals surface area contributed by atoms with Crippen molar-refractivity contribution in [3.05, 3.63) is 83.6 Å². The van der Waals surface area contributed by atoms with Crippen LogP contribution in [0.2, 0.25) is 0 Å². The first-order chi connectivity index (χ1) is 12.6. The summed E-state index contributed by atoms with van der Waals surface area (Å²) in [4.78, 5) is 7.20. The molecule has 126 valence electrons. The first-order valence-corrected chi connectivity index (χ1v) is 9.00. The monoisotopic (exact) mass is 336 g/mol.